The lowest BCUT2D eigenvalue weighted by atomic mass is 9.87. The van der Waals surface area contributed by atoms with Gasteiger partial charge in [0.1, 0.15) is 0 Å². The molecule has 17 heavy (non-hydrogen) atoms. The van der Waals surface area contributed by atoms with E-state index in [9.17, 15) is 0 Å². The molecular formula is C17H35. The van der Waals surface area contributed by atoms with Crippen LogP contribution in [0.1, 0.15) is 85.5 Å². The molecule has 1 atom stereocenters. The van der Waals surface area contributed by atoms with Crippen molar-refractivity contribution < 1.29 is 0 Å². The second-order valence-corrected chi connectivity index (χ2v) is 6.52. The first-order valence-electron chi connectivity index (χ1n) is 7.85. The Hall–Kier alpha value is 0. The highest BCUT2D eigenvalue weighted by atomic mass is 14.2. The van der Waals surface area contributed by atoms with E-state index in [4.69, 9.17) is 0 Å². The maximum Gasteiger partial charge on any atom is -0.0412 e. The fourth-order valence-corrected chi connectivity index (χ4v) is 2.65. The second-order valence-electron chi connectivity index (χ2n) is 6.52. The largest absolute Gasteiger partial charge is 0.0628 e. The third kappa shape index (κ3) is 12.2. The van der Waals surface area contributed by atoms with Gasteiger partial charge in [0.2, 0.25) is 0 Å². The molecular weight excluding hydrogens is 204 g/mol. The summed E-state index contributed by atoms with van der Waals surface area (Å²) in [5, 5.41) is 0. The lowest BCUT2D eigenvalue weighted by molar-refractivity contribution is 0.334. The monoisotopic (exact) mass is 239 g/mol. The molecule has 0 N–H and O–H groups in total. The molecule has 0 aliphatic carbocycles. The highest BCUT2D eigenvalue weighted by Crippen LogP contribution is 2.25. The van der Waals surface area contributed by atoms with Crippen LogP contribution < -0.4 is 0 Å². The van der Waals surface area contributed by atoms with Gasteiger partial charge in [0.05, 0.1) is 0 Å². The fraction of sp³-hybridized carbons (Fsp3) is 0.941. The molecule has 0 amide bonds. The molecule has 0 aliphatic rings. The minimum atomic E-state index is 0.867. The number of unbranched alkanes of at least 4 members (excludes halogenated alkanes) is 3. The average molecular weight is 239 g/mol. The van der Waals surface area contributed by atoms with E-state index in [0.29, 0.717) is 0 Å². The van der Waals surface area contributed by atoms with Crippen LogP contribution in [-0.2, 0) is 0 Å². The highest BCUT2D eigenvalue weighted by Gasteiger charge is 2.10. The Morgan fingerprint density at radius 2 is 1.35 bits per heavy atom. The summed E-state index contributed by atoms with van der Waals surface area (Å²) in [6.07, 6.45) is 12.4. The summed E-state index contributed by atoms with van der Waals surface area (Å²) < 4.78 is 0. The minimum absolute atomic E-state index is 0.867. The highest BCUT2D eigenvalue weighted by molar-refractivity contribution is 4.63. The van der Waals surface area contributed by atoms with Crippen molar-refractivity contribution in [2.24, 2.45) is 17.8 Å². The van der Waals surface area contributed by atoms with Gasteiger partial charge in [-0.25, -0.2) is 0 Å². The molecule has 0 spiro atoms. The molecule has 0 aliphatic heterocycles. The van der Waals surface area contributed by atoms with Crippen LogP contribution in [0.25, 0.3) is 0 Å². The van der Waals surface area contributed by atoms with E-state index in [1.807, 2.05) is 0 Å². The van der Waals surface area contributed by atoms with E-state index in [0.717, 1.165) is 24.2 Å². The maximum absolute atomic E-state index is 3.92. The van der Waals surface area contributed by atoms with Crippen LogP contribution in [0.3, 0.4) is 0 Å². The van der Waals surface area contributed by atoms with Gasteiger partial charge in [0, 0.05) is 0 Å². The van der Waals surface area contributed by atoms with Gasteiger partial charge >= 0.3 is 0 Å². The molecule has 0 aromatic heterocycles. The molecule has 1 radical (unpaired) electrons. The summed E-state index contributed by atoms with van der Waals surface area (Å²) in [6, 6.07) is 0. The second kappa shape index (κ2) is 11.1. The molecule has 103 valence electrons. The summed E-state index contributed by atoms with van der Waals surface area (Å²) in [7, 11) is 0. The molecule has 0 nitrogen and oxygen atoms in total. The third-order valence-corrected chi connectivity index (χ3v) is 3.56. The molecule has 0 aromatic carbocycles. The number of hydrogen-bond acceptors (Lipinski definition) is 0. The van der Waals surface area contributed by atoms with E-state index < -0.39 is 0 Å². The third-order valence-electron chi connectivity index (χ3n) is 3.56. The van der Waals surface area contributed by atoms with E-state index in [2.05, 4.69) is 34.6 Å². The van der Waals surface area contributed by atoms with Gasteiger partial charge < -0.3 is 0 Å². The zero-order valence-corrected chi connectivity index (χ0v) is 12.8. The van der Waals surface area contributed by atoms with Gasteiger partial charge in [0.25, 0.3) is 0 Å². The Morgan fingerprint density at radius 1 is 0.706 bits per heavy atom. The van der Waals surface area contributed by atoms with Crippen molar-refractivity contribution in [3.05, 3.63) is 6.92 Å². The molecule has 0 aromatic rings. The summed E-state index contributed by atoms with van der Waals surface area (Å²) >= 11 is 0. The summed E-state index contributed by atoms with van der Waals surface area (Å²) in [4.78, 5) is 0. The SMILES string of the molecule is [CH2]CCCCCC(CCCC(C)C)CC(C)C. The quantitative estimate of drug-likeness (QED) is 0.373. The van der Waals surface area contributed by atoms with E-state index >= 15 is 0 Å². The molecule has 0 rings (SSSR count). The molecule has 0 heterocycles. The smallest absolute Gasteiger partial charge is 0.0412 e. The summed E-state index contributed by atoms with van der Waals surface area (Å²) in [6.45, 7) is 13.3. The van der Waals surface area contributed by atoms with Gasteiger partial charge in [-0.2, -0.15) is 0 Å². The minimum Gasteiger partial charge on any atom is -0.0628 e. The first-order valence-corrected chi connectivity index (χ1v) is 7.85. The predicted molar refractivity (Wildman–Crippen MR) is 80.1 cm³/mol. The van der Waals surface area contributed by atoms with Crippen LogP contribution in [-0.4, -0.2) is 0 Å². The number of hydrogen-bond donors (Lipinski definition) is 0. The first-order chi connectivity index (χ1) is 8.06. The average Bonchev–Trinajstić information content (AvgIpc) is 2.22. The lowest BCUT2D eigenvalue weighted by Gasteiger charge is -2.19. The van der Waals surface area contributed by atoms with Crippen LogP contribution >= 0.6 is 0 Å². The summed E-state index contributed by atoms with van der Waals surface area (Å²) in [5.74, 6) is 2.73. The molecule has 0 saturated heterocycles. The lowest BCUT2D eigenvalue weighted by Crippen LogP contribution is -2.05. The van der Waals surface area contributed by atoms with E-state index in [1.54, 1.807) is 0 Å². The van der Waals surface area contributed by atoms with E-state index in [-0.39, 0.29) is 0 Å². The van der Waals surface area contributed by atoms with Gasteiger partial charge in [-0.1, -0.05) is 86.0 Å². The Morgan fingerprint density at radius 3 is 1.88 bits per heavy atom. The molecule has 1 unspecified atom stereocenters. The Kier molecular flexibility index (Phi) is 11.1. The van der Waals surface area contributed by atoms with Crippen molar-refractivity contribution in [2.45, 2.75) is 85.5 Å². The van der Waals surface area contributed by atoms with Crippen LogP contribution in [0.15, 0.2) is 0 Å². The Bertz CT molecular complexity index is 146. The zero-order valence-electron chi connectivity index (χ0n) is 12.8. The molecule has 0 heteroatoms. The fourth-order valence-electron chi connectivity index (χ4n) is 2.65. The normalized spacial score (nSPS) is 13.6. The van der Waals surface area contributed by atoms with Crippen molar-refractivity contribution >= 4 is 0 Å². The standard InChI is InChI=1S/C17H35/c1-6-7-8-9-12-17(14-16(4)5)13-10-11-15(2)3/h15-17H,1,6-14H2,2-5H3. The molecule has 0 saturated carbocycles. The van der Waals surface area contributed by atoms with Gasteiger partial charge in [-0.15, -0.1) is 0 Å². The first kappa shape index (κ1) is 17.0. The Labute approximate surface area is 111 Å². The maximum atomic E-state index is 3.92. The van der Waals surface area contributed by atoms with E-state index in [1.165, 1.54) is 51.4 Å². The van der Waals surface area contributed by atoms with Crippen LogP contribution in [0.5, 0.6) is 0 Å². The predicted octanol–water partition coefficient (Wildman–Crippen LogP) is 6.26. The Balaban J connectivity index is 3.71. The number of rotatable bonds is 11. The van der Waals surface area contributed by atoms with Crippen molar-refractivity contribution in [1.82, 2.24) is 0 Å². The van der Waals surface area contributed by atoms with Crippen molar-refractivity contribution in [3.63, 3.8) is 0 Å². The molecule has 0 bridgehead atoms. The van der Waals surface area contributed by atoms with Crippen molar-refractivity contribution in [2.75, 3.05) is 0 Å². The van der Waals surface area contributed by atoms with Crippen molar-refractivity contribution in [3.8, 4) is 0 Å². The zero-order chi connectivity index (χ0) is 13.1. The van der Waals surface area contributed by atoms with Gasteiger partial charge in [0.15, 0.2) is 0 Å². The van der Waals surface area contributed by atoms with Crippen LogP contribution in [0, 0.1) is 24.7 Å². The topological polar surface area (TPSA) is 0 Å². The summed E-state index contributed by atoms with van der Waals surface area (Å²) in [5.41, 5.74) is 0. The molecule has 0 fully saturated rings. The van der Waals surface area contributed by atoms with Gasteiger partial charge in [-0.05, 0) is 24.2 Å². The van der Waals surface area contributed by atoms with Crippen molar-refractivity contribution in [1.29, 1.82) is 0 Å². The van der Waals surface area contributed by atoms with Crippen LogP contribution in [0.4, 0.5) is 0 Å². The van der Waals surface area contributed by atoms with Crippen LogP contribution in [0.2, 0.25) is 0 Å². The van der Waals surface area contributed by atoms with Gasteiger partial charge in [-0.3, -0.25) is 0 Å².